The Kier molecular flexibility index (Phi) is 3.78. The minimum atomic E-state index is 0.215. The van der Waals surface area contributed by atoms with Crippen LogP contribution in [-0.4, -0.2) is 17.1 Å². The topological polar surface area (TPSA) is 87.7 Å². The Morgan fingerprint density at radius 1 is 1.42 bits per heavy atom. The second-order valence-electron chi connectivity index (χ2n) is 3.92. The molecule has 1 aromatic carbocycles. The molecule has 5 nitrogen and oxygen atoms in total. The van der Waals surface area contributed by atoms with Gasteiger partial charge >= 0.3 is 0 Å². The zero-order chi connectivity index (χ0) is 13.8. The summed E-state index contributed by atoms with van der Waals surface area (Å²) in [6, 6.07) is 9.63. The summed E-state index contributed by atoms with van der Waals surface area (Å²) in [4.78, 5) is 6.76. The van der Waals surface area contributed by atoms with Gasteiger partial charge in [-0.1, -0.05) is 24.4 Å². The second-order valence-corrected chi connectivity index (χ2v) is 4.30. The van der Waals surface area contributed by atoms with Gasteiger partial charge in [-0.2, -0.15) is 5.26 Å². The number of nitrogens with one attached hydrogen (secondary N) is 1. The number of benzene rings is 1. The fraction of sp³-hybridized carbons (Fsp3) is 0.154. The minimum absolute atomic E-state index is 0.215. The first-order chi connectivity index (χ1) is 9.13. The Labute approximate surface area is 115 Å². The number of ether oxygens (including phenoxy) is 1. The monoisotopic (exact) mass is 272 g/mol. The van der Waals surface area contributed by atoms with E-state index in [0.717, 1.165) is 11.3 Å². The third kappa shape index (κ3) is 2.89. The van der Waals surface area contributed by atoms with Crippen molar-refractivity contribution in [1.29, 1.82) is 5.26 Å². The average molecular weight is 272 g/mol. The lowest BCUT2D eigenvalue weighted by molar-refractivity contribution is 0.414. The number of hydrogen-bond acceptors (Lipinski definition) is 5. The quantitative estimate of drug-likeness (QED) is 0.836. The summed E-state index contributed by atoms with van der Waals surface area (Å²) in [5.41, 5.74) is 7.67. The first-order valence-electron chi connectivity index (χ1n) is 5.55. The van der Waals surface area contributed by atoms with Gasteiger partial charge in [-0.15, -0.1) is 0 Å². The molecule has 2 aromatic rings. The van der Waals surface area contributed by atoms with E-state index in [0.29, 0.717) is 17.7 Å². The van der Waals surface area contributed by atoms with Crippen LogP contribution < -0.4 is 10.5 Å². The Morgan fingerprint density at radius 3 is 2.68 bits per heavy atom. The van der Waals surface area contributed by atoms with Gasteiger partial charge in [0.15, 0.2) is 5.95 Å². The largest absolute Gasteiger partial charge is 0.497 e. The Balaban J connectivity index is 2.37. The van der Waals surface area contributed by atoms with Crippen LogP contribution in [0, 0.1) is 16.0 Å². The SMILES string of the molecule is COc1ccc(Cc2[nH]c(N)nc(=S)c2C#N)cc1. The molecule has 2 rings (SSSR count). The van der Waals surface area contributed by atoms with Crippen LogP contribution >= 0.6 is 12.2 Å². The summed E-state index contributed by atoms with van der Waals surface area (Å²) in [6.07, 6.45) is 0.531. The molecular weight excluding hydrogens is 260 g/mol. The number of H-pyrrole nitrogens is 1. The number of nitriles is 1. The first kappa shape index (κ1) is 13.1. The van der Waals surface area contributed by atoms with Crippen LogP contribution in [0.1, 0.15) is 16.8 Å². The predicted molar refractivity (Wildman–Crippen MR) is 74.3 cm³/mol. The zero-order valence-electron chi connectivity index (χ0n) is 10.3. The normalized spacial score (nSPS) is 9.89. The van der Waals surface area contributed by atoms with Gasteiger partial charge in [0.05, 0.1) is 7.11 Å². The van der Waals surface area contributed by atoms with Crippen LogP contribution in [0.15, 0.2) is 24.3 Å². The molecule has 0 amide bonds. The van der Waals surface area contributed by atoms with E-state index in [4.69, 9.17) is 28.0 Å². The van der Waals surface area contributed by atoms with E-state index in [1.54, 1.807) is 7.11 Å². The number of rotatable bonds is 3. The van der Waals surface area contributed by atoms with Crippen molar-refractivity contribution in [2.24, 2.45) is 0 Å². The molecule has 19 heavy (non-hydrogen) atoms. The molecule has 0 unspecified atom stereocenters. The maximum absolute atomic E-state index is 9.11. The number of nitrogen functional groups attached to an aromatic ring is 1. The van der Waals surface area contributed by atoms with Crippen molar-refractivity contribution in [3.8, 4) is 11.8 Å². The smallest absolute Gasteiger partial charge is 0.199 e. The van der Waals surface area contributed by atoms with Crippen molar-refractivity contribution in [3.05, 3.63) is 45.7 Å². The lowest BCUT2D eigenvalue weighted by atomic mass is 10.1. The molecule has 0 aliphatic carbocycles. The number of methoxy groups -OCH3 is 1. The van der Waals surface area contributed by atoms with Crippen molar-refractivity contribution < 1.29 is 4.74 Å². The Hall–Kier alpha value is -2.39. The van der Waals surface area contributed by atoms with Gasteiger partial charge in [-0.25, -0.2) is 4.98 Å². The van der Waals surface area contributed by atoms with Crippen LogP contribution in [-0.2, 0) is 6.42 Å². The maximum atomic E-state index is 9.11. The molecule has 96 valence electrons. The fourth-order valence-corrected chi connectivity index (χ4v) is 2.00. The van der Waals surface area contributed by atoms with Gasteiger partial charge in [0.1, 0.15) is 22.0 Å². The molecule has 0 radical (unpaired) electrons. The maximum Gasteiger partial charge on any atom is 0.199 e. The van der Waals surface area contributed by atoms with Crippen molar-refractivity contribution in [2.75, 3.05) is 12.8 Å². The van der Waals surface area contributed by atoms with Crippen molar-refractivity contribution >= 4 is 18.2 Å². The predicted octanol–water partition coefficient (Wildman–Crippen LogP) is 2.19. The molecule has 0 bridgehead atoms. The molecule has 6 heteroatoms. The standard InChI is InChI=1S/C13H12N4OS/c1-18-9-4-2-8(3-5-9)6-11-10(7-14)12(19)17-13(15)16-11/h2-5H,6H2,1H3,(H3,15,16,17,19). The Morgan fingerprint density at radius 2 is 2.11 bits per heavy atom. The van der Waals surface area contributed by atoms with Crippen LogP contribution in [0.25, 0.3) is 0 Å². The third-order valence-corrected chi connectivity index (χ3v) is 2.96. The number of anilines is 1. The number of nitrogens with zero attached hydrogens (tertiary/aromatic N) is 2. The molecule has 1 heterocycles. The van der Waals surface area contributed by atoms with E-state index in [-0.39, 0.29) is 10.6 Å². The highest BCUT2D eigenvalue weighted by atomic mass is 32.1. The molecule has 0 aliphatic heterocycles. The van der Waals surface area contributed by atoms with Crippen LogP contribution in [0.4, 0.5) is 5.95 Å². The van der Waals surface area contributed by atoms with Gasteiger partial charge in [-0.05, 0) is 17.7 Å². The van der Waals surface area contributed by atoms with Gasteiger partial charge in [0.25, 0.3) is 0 Å². The lowest BCUT2D eigenvalue weighted by Crippen LogP contribution is -2.04. The average Bonchev–Trinajstić information content (AvgIpc) is 2.39. The van der Waals surface area contributed by atoms with Gasteiger partial charge < -0.3 is 15.5 Å². The summed E-state index contributed by atoms with van der Waals surface area (Å²) in [7, 11) is 1.61. The third-order valence-electron chi connectivity index (χ3n) is 2.67. The molecule has 0 saturated carbocycles. The molecule has 0 aliphatic rings. The lowest BCUT2D eigenvalue weighted by Gasteiger charge is -2.07. The molecule has 0 spiro atoms. The van der Waals surface area contributed by atoms with E-state index in [1.807, 2.05) is 24.3 Å². The van der Waals surface area contributed by atoms with Crippen LogP contribution in [0.3, 0.4) is 0 Å². The molecule has 0 fully saturated rings. The van der Waals surface area contributed by atoms with E-state index in [1.165, 1.54) is 0 Å². The highest BCUT2D eigenvalue weighted by Gasteiger charge is 2.08. The summed E-state index contributed by atoms with van der Waals surface area (Å²) in [6.45, 7) is 0. The number of aromatic amines is 1. The van der Waals surface area contributed by atoms with Crippen molar-refractivity contribution in [2.45, 2.75) is 6.42 Å². The highest BCUT2D eigenvalue weighted by molar-refractivity contribution is 7.71. The van der Waals surface area contributed by atoms with Crippen molar-refractivity contribution in [3.63, 3.8) is 0 Å². The van der Waals surface area contributed by atoms with Gasteiger partial charge in [0.2, 0.25) is 0 Å². The summed E-state index contributed by atoms with van der Waals surface area (Å²) in [5, 5.41) is 9.11. The summed E-state index contributed by atoms with van der Waals surface area (Å²) < 4.78 is 5.32. The minimum Gasteiger partial charge on any atom is -0.497 e. The zero-order valence-corrected chi connectivity index (χ0v) is 11.1. The fourth-order valence-electron chi connectivity index (χ4n) is 1.73. The number of hydrogen-bond donors (Lipinski definition) is 2. The van der Waals surface area contributed by atoms with Gasteiger partial charge in [-0.3, -0.25) is 0 Å². The van der Waals surface area contributed by atoms with E-state index >= 15 is 0 Å². The molecule has 1 aromatic heterocycles. The van der Waals surface area contributed by atoms with E-state index < -0.39 is 0 Å². The summed E-state index contributed by atoms with van der Waals surface area (Å²) in [5.74, 6) is 0.999. The number of nitrogens with two attached hydrogens (primary N) is 1. The number of aromatic nitrogens is 2. The van der Waals surface area contributed by atoms with Crippen LogP contribution in [0.5, 0.6) is 5.75 Å². The molecule has 0 saturated heterocycles. The van der Waals surface area contributed by atoms with Crippen molar-refractivity contribution in [1.82, 2.24) is 9.97 Å². The molecule has 3 N–H and O–H groups in total. The van der Waals surface area contributed by atoms with Crippen LogP contribution in [0.2, 0.25) is 0 Å². The first-order valence-corrected chi connectivity index (χ1v) is 5.96. The van der Waals surface area contributed by atoms with Gasteiger partial charge in [0, 0.05) is 12.1 Å². The second kappa shape index (κ2) is 5.50. The molecular formula is C13H12N4OS. The van der Waals surface area contributed by atoms with E-state index in [9.17, 15) is 0 Å². The molecule has 0 atom stereocenters. The van der Waals surface area contributed by atoms with E-state index in [2.05, 4.69) is 16.0 Å². The Bertz CT molecular complexity index is 685. The summed E-state index contributed by atoms with van der Waals surface area (Å²) >= 11 is 5.03. The highest BCUT2D eigenvalue weighted by Crippen LogP contribution is 2.16.